The number of rotatable bonds is 4. The Balaban J connectivity index is 1.26. The van der Waals surface area contributed by atoms with Gasteiger partial charge >= 0.3 is 0 Å². The highest BCUT2D eigenvalue weighted by molar-refractivity contribution is 9.10. The van der Waals surface area contributed by atoms with Crippen LogP contribution in [0.1, 0.15) is 38.0 Å². The van der Waals surface area contributed by atoms with Crippen LogP contribution in [0.25, 0.3) is 0 Å². The Bertz CT molecular complexity index is 1200. The van der Waals surface area contributed by atoms with E-state index in [9.17, 15) is 9.59 Å². The summed E-state index contributed by atoms with van der Waals surface area (Å²) in [4.78, 5) is 33.7. The molecule has 1 fully saturated rings. The lowest BCUT2D eigenvalue weighted by molar-refractivity contribution is -0.134. The topological polar surface area (TPSA) is 43.9 Å². The summed E-state index contributed by atoms with van der Waals surface area (Å²) in [5.41, 5.74) is 4.54. The van der Waals surface area contributed by atoms with Gasteiger partial charge in [-0.15, -0.1) is 11.3 Å². The van der Waals surface area contributed by atoms with E-state index in [4.69, 9.17) is 0 Å². The maximum Gasteiger partial charge on any atom is 0.254 e. The molecule has 0 bridgehead atoms. The Morgan fingerprint density at radius 2 is 1.71 bits per heavy atom. The van der Waals surface area contributed by atoms with Gasteiger partial charge < -0.3 is 9.80 Å². The van der Waals surface area contributed by atoms with E-state index in [0.717, 1.165) is 17.4 Å². The molecule has 7 heteroatoms. The van der Waals surface area contributed by atoms with Crippen molar-refractivity contribution in [2.45, 2.75) is 19.4 Å². The third-order valence-electron chi connectivity index (χ3n) is 6.88. The van der Waals surface area contributed by atoms with Crippen molar-refractivity contribution in [3.05, 3.63) is 91.6 Å². The maximum absolute atomic E-state index is 13.3. The van der Waals surface area contributed by atoms with Gasteiger partial charge in [0.05, 0.1) is 12.6 Å². The summed E-state index contributed by atoms with van der Waals surface area (Å²) in [6.45, 7) is 5.70. The summed E-state index contributed by atoms with van der Waals surface area (Å²) in [5, 5.41) is 2.17. The van der Waals surface area contributed by atoms with E-state index in [-0.39, 0.29) is 17.9 Å². The molecule has 1 saturated heterocycles. The van der Waals surface area contributed by atoms with Gasteiger partial charge in [-0.2, -0.15) is 0 Å². The van der Waals surface area contributed by atoms with Gasteiger partial charge in [-0.05, 0) is 59.7 Å². The van der Waals surface area contributed by atoms with Gasteiger partial charge in [0.2, 0.25) is 5.91 Å². The lowest BCUT2D eigenvalue weighted by Gasteiger charge is -2.39. The molecule has 0 aliphatic carbocycles. The minimum Gasteiger partial charge on any atom is -0.338 e. The van der Waals surface area contributed by atoms with Gasteiger partial charge in [0.1, 0.15) is 0 Å². The Kier molecular flexibility index (Phi) is 6.86. The molecule has 2 aliphatic heterocycles. The number of benzene rings is 2. The molecule has 0 radical (unpaired) electrons. The Hall–Kier alpha value is -2.48. The molecule has 5 rings (SSSR count). The fourth-order valence-electron chi connectivity index (χ4n) is 5.03. The van der Waals surface area contributed by atoms with Crippen LogP contribution in [0.4, 0.5) is 0 Å². The molecule has 5 nitrogen and oxygen atoms in total. The minimum atomic E-state index is 0.0223. The lowest BCUT2D eigenvalue weighted by atomic mass is 9.90. The van der Waals surface area contributed by atoms with E-state index in [2.05, 4.69) is 63.5 Å². The number of amides is 2. The highest BCUT2D eigenvalue weighted by Crippen LogP contribution is 2.38. The Morgan fingerprint density at radius 1 is 0.941 bits per heavy atom. The van der Waals surface area contributed by atoms with Crippen molar-refractivity contribution in [3.63, 3.8) is 0 Å². The van der Waals surface area contributed by atoms with Crippen molar-refractivity contribution in [2.24, 2.45) is 0 Å². The van der Waals surface area contributed by atoms with Gasteiger partial charge in [-0.1, -0.05) is 46.3 Å². The first-order valence-corrected chi connectivity index (χ1v) is 13.4. The lowest BCUT2D eigenvalue weighted by Crippen LogP contribution is -2.53. The number of fused-ring (bicyclic) bond motifs is 1. The third-order valence-corrected chi connectivity index (χ3v) is 8.37. The smallest absolute Gasteiger partial charge is 0.254 e. The van der Waals surface area contributed by atoms with Crippen LogP contribution in [0.15, 0.2) is 64.5 Å². The predicted octanol–water partition coefficient (Wildman–Crippen LogP) is 4.75. The van der Waals surface area contributed by atoms with Crippen LogP contribution in [0.3, 0.4) is 0 Å². The molecule has 0 spiro atoms. The van der Waals surface area contributed by atoms with Crippen molar-refractivity contribution in [2.75, 3.05) is 39.3 Å². The molecule has 1 unspecified atom stereocenters. The molecular formula is C27H28BrN3O2S. The van der Waals surface area contributed by atoms with Gasteiger partial charge in [0, 0.05) is 47.6 Å². The number of hydrogen-bond donors (Lipinski definition) is 0. The molecular weight excluding hydrogens is 510 g/mol. The summed E-state index contributed by atoms with van der Waals surface area (Å²) in [6, 6.07) is 18.3. The van der Waals surface area contributed by atoms with E-state index in [0.29, 0.717) is 38.3 Å². The Labute approximate surface area is 213 Å². The van der Waals surface area contributed by atoms with Gasteiger partial charge in [0.25, 0.3) is 5.91 Å². The van der Waals surface area contributed by atoms with E-state index in [1.165, 1.54) is 21.6 Å². The zero-order valence-corrected chi connectivity index (χ0v) is 21.6. The molecule has 2 aliphatic rings. The van der Waals surface area contributed by atoms with Crippen LogP contribution in [-0.2, 0) is 11.2 Å². The zero-order valence-electron chi connectivity index (χ0n) is 19.2. The molecule has 2 amide bonds. The molecule has 34 heavy (non-hydrogen) atoms. The number of carbonyl (C=O) groups is 2. The largest absolute Gasteiger partial charge is 0.338 e. The van der Waals surface area contributed by atoms with Gasteiger partial charge in [0.15, 0.2) is 0 Å². The summed E-state index contributed by atoms with van der Waals surface area (Å²) >= 11 is 5.25. The minimum absolute atomic E-state index is 0.0223. The maximum atomic E-state index is 13.3. The first-order chi connectivity index (χ1) is 16.5. The molecule has 3 heterocycles. The molecule has 0 saturated carbocycles. The molecule has 1 atom stereocenters. The van der Waals surface area contributed by atoms with Crippen molar-refractivity contribution < 1.29 is 9.59 Å². The van der Waals surface area contributed by atoms with Crippen LogP contribution in [0, 0.1) is 6.92 Å². The standard InChI is InChI=1S/C27H28BrN3O2S/c1-19-5-2-3-8-22(19)26-23-10-16-34-24(23)9-11-31(26)18-25(32)29-12-14-30(15-13-29)27(33)20-6-4-7-21(28)17-20/h2-8,10,16-17,26H,9,11-15,18H2,1H3. The average molecular weight is 539 g/mol. The highest BCUT2D eigenvalue weighted by atomic mass is 79.9. The highest BCUT2D eigenvalue weighted by Gasteiger charge is 2.33. The summed E-state index contributed by atoms with van der Waals surface area (Å²) in [5.74, 6) is 0.167. The molecule has 176 valence electrons. The Morgan fingerprint density at radius 3 is 2.47 bits per heavy atom. The van der Waals surface area contributed by atoms with Crippen molar-refractivity contribution in [1.29, 1.82) is 0 Å². The van der Waals surface area contributed by atoms with E-state index < -0.39 is 0 Å². The number of halogens is 1. The second-order valence-electron chi connectivity index (χ2n) is 8.96. The second-order valence-corrected chi connectivity index (χ2v) is 10.9. The third kappa shape index (κ3) is 4.69. The quantitative estimate of drug-likeness (QED) is 0.482. The van der Waals surface area contributed by atoms with Crippen LogP contribution in [0.5, 0.6) is 0 Å². The SMILES string of the molecule is Cc1ccccc1C1c2ccsc2CCN1CC(=O)N1CCN(C(=O)c2cccc(Br)c2)CC1. The normalized spacial score (nSPS) is 18.6. The van der Waals surface area contributed by atoms with E-state index in [1.54, 1.807) is 0 Å². The zero-order chi connectivity index (χ0) is 23.7. The molecule has 3 aromatic rings. The predicted molar refractivity (Wildman–Crippen MR) is 139 cm³/mol. The number of thiophene rings is 1. The number of piperazine rings is 1. The van der Waals surface area contributed by atoms with Gasteiger partial charge in [-0.3, -0.25) is 14.5 Å². The first kappa shape index (κ1) is 23.3. The van der Waals surface area contributed by atoms with E-state index >= 15 is 0 Å². The summed E-state index contributed by atoms with van der Waals surface area (Å²) < 4.78 is 0.894. The van der Waals surface area contributed by atoms with Crippen LogP contribution < -0.4 is 0 Å². The van der Waals surface area contributed by atoms with E-state index in [1.807, 2.05) is 45.4 Å². The fraction of sp³-hybridized carbons (Fsp3) is 0.333. The number of nitrogens with zero attached hydrogens (tertiary/aromatic N) is 3. The monoisotopic (exact) mass is 537 g/mol. The summed E-state index contributed by atoms with van der Waals surface area (Å²) in [6.07, 6.45) is 0.984. The first-order valence-electron chi connectivity index (χ1n) is 11.7. The van der Waals surface area contributed by atoms with Gasteiger partial charge in [-0.25, -0.2) is 0 Å². The second kappa shape index (κ2) is 10.0. The number of hydrogen-bond acceptors (Lipinski definition) is 4. The van der Waals surface area contributed by atoms with Crippen molar-refractivity contribution in [3.8, 4) is 0 Å². The average Bonchev–Trinajstić information content (AvgIpc) is 3.33. The molecule has 0 N–H and O–H groups in total. The van der Waals surface area contributed by atoms with Crippen LogP contribution >= 0.6 is 27.3 Å². The van der Waals surface area contributed by atoms with Crippen molar-refractivity contribution >= 4 is 39.1 Å². The van der Waals surface area contributed by atoms with Crippen LogP contribution in [0.2, 0.25) is 0 Å². The van der Waals surface area contributed by atoms with Crippen LogP contribution in [-0.4, -0.2) is 65.8 Å². The number of aryl methyl sites for hydroxylation is 1. The van der Waals surface area contributed by atoms with Crippen molar-refractivity contribution in [1.82, 2.24) is 14.7 Å². The molecule has 2 aromatic carbocycles. The fourth-order valence-corrected chi connectivity index (χ4v) is 6.34. The molecule has 1 aromatic heterocycles. The summed E-state index contributed by atoms with van der Waals surface area (Å²) in [7, 11) is 0. The number of carbonyl (C=O) groups excluding carboxylic acids is 2.